The van der Waals surface area contributed by atoms with Gasteiger partial charge in [0.25, 0.3) is 0 Å². The highest BCUT2D eigenvalue weighted by Gasteiger charge is 2.27. The lowest BCUT2D eigenvalue weighted by atomic mass is 10.5. The van der Waals surface area contributed by atoms with E-state index in [1.165, 1.54) is 0 Å². The number of halogens is 1. The molecule has 1 rings (SSSR count). The Morgan fingerprint density at radius 1 is 1.80 bits per heavy atom. The van der Waals surface area contributed by atoms with Gasteiger partial charge in [-0.25, -0.2) is 0 Å². The minimum atomic E-state index is -1.07. The fraction of sp³-hybridized carbons (Fsp3) is 1.00. The highest BCUT2D eigenvalue weighted by Crippen LogP contribution is 2.46. The van der Waals surface area contributed by atoms with Gasteiger partial charge in [-0.2, -0.15) is 0 Å². The van der Waals surface area contributed by atoms with E-state index in [9.17, 15) is 0 Å². The molecule has 2 atom stereocenters. The van der Waals surface area contributed by atoms with Gasteiger partial charge < -0.3 is 13.6 Å². The van der Waals surface area contributed by atoms with Gasteiger partial charge in [0, 0.05) is 0 Å². The second kappa shape index (κ2) is 4.47. The molecular formula is C5H10ClO3P. The van der Waals surface area contributed by atoms with Gasteiger partial charge in [-0.1, -0.05) is 0 Å². The van der Waals surface area contributed by atoms with Crippen LogP contribution in [0.4, 0.5) is 0 Å². The Morgan fingerprint density at radius 2 is 2.60 bits per heavy atom. The van der Waals surface area contributed by atoms with E-state index in [0.29, 0.717) is 19.1 Å². The molecule has 0 aromatic carbocycles. The van der Waals surface area contributed by atoms with Gasteiger partial charge >= 0.3 is 8.60 Å². The summed E-state index contributed by atoms with van der Waals surface area (Å²) in [7, 11) is -1.07. The summed E-state index contributed by atoms with van der Waals surface area (Å²) in [4.78, 5) is 0. The van der Waals surface area contributed by atoms with E-state index in [1.54, 1.807) is 0 Å². The van der Waals surface area contributed by atoms with Crippen LogP contribution in [0.1, 0.15) is 6.92 Å². The first kappa shape index (κ1) is 8.69. The van der Waals surface area contributed by atoms with Crippen LogP contribution in [0.15, 0.2) is 0 Å². The second-order valence-corrected chi connectivity index (χ2v) is 3.30. The highest BCUT2D eigenvalue weighted by atomic mass is 35.5. The molecule has 0 N–H and O–H groups in total. The Kier molecular flexibility index (Phi) is 3.89. The smallest absolute Gasteiger partial charge is 0.313 e. The largest absolute Gasteiger partial charge is 0.333 e. The molecule has 0 amide bonds. The van der Waals surface area contributed by atoms with Gasteiger partial charge in [-0.3, -0.25) is 0 Å². The molecule has 1 heterocycles. The monoisotopic (exact) mass is 184 g/mol. The average molecular weight is 185 g/mol. The number of hydrogen-bond acceptors (Lipinski definition) is 3. The van der Waals surface area contributed by atoms with E-state index in [0.717, 1.165) is 0 Å². The van der Waals surface area contributed by atoms with Crippen molar-refractivity contribution >= 4 is 20.2 Å². The first-order valence-corrected chi connectivity index (χ1v) is 4.78. The van der Waals surface area contributed by atoms with Crippen LogP contribution in [0.2, 0.25) is 0 Å². The first-order chi connectivity index (χ1) is 4.86. The Bertz CT molecular complexity index is 103. The summed E-state index contributed by atoms with van der Waals surface area (Å²) in [6.45, 7) is 3.10. The van der Waals surface area contributed by atoms with Crippen molar-refractivity contribution in [3.63, 3.8) is 0 Å². The van der Waals surface area contributed by atoms with E-state index in [1.807, 2.05) is 6.92 Å². The van der Waals surface area contributed by atoms with E-state index in [4.69, 9.17) is 25.2 Å². The lowest BCUT2D eigenvalue weighted by Gasteiger charge is -2.05. The Morgan fingerprint density at radius 3 is 3.10 bits per heavy atom. The Balaban J connectivity index is 2.15. The van der Waals surface area contributed by atoms with Gasteiger partial charge in [-0.05, 0) is 6.92 Å². The van der Waals surface area contributed by atoms with Gasteiger partial charge in [0.15, 0.2) is 0 Å². The van der Waals surface area contributed by atoms with Crippen LogP contribution in [0, 0.1) is 0 Å². The third-order valence-electron chi connectivity index (χ3n) is 1.01. The quantitative estimate of drug-likeness (QED) is 0.495. The van der Waals surface area contributed by atoms with Gasteiger partial charge in [-0.15, -0.1) is 11.6 Å². The van der Waals surface area contributed by atoms with Crippen molar-refractivity contribution in [2.75, 3.05) is 19.1 Å². The van der Waals surface area contributed by atoms with Crippen LogP contribution in [0.25, 0.3) is 0 Å². The number of alkyl halides is 1. The summed E-state index contributed by atoms with van der Waals surface area (Å²) in [6, 6.07) is 0. The van der Waals surface area contributed by atoms with Crippen molar-refractivity contribution in [3.05, 3.63) is 0 Å². The summed E-state index contributed by atoms with van der Waals surface area (Å²) >= 11 is 5.52. The van der Waals surface area contributed by atoms with Crippen LogP contribution < -0.4 is 0 Å². The maximum Gasteiger partial charge on any atom is 0.333 e. The third-order valence-corrected chi connectivity index (χ3v) is 2.65. The summed E-state index contributed by atoms with van der Waals surface area (Å²) < 4.78 is 15.5. The standard InChI is InChI=1S/C5H10ClO3P/c1-2-7-10-8-4-5(3-6)9-10/h5H,2-4H2,1H3/t5-,10?/m0/s1. The molecule has 0 aliphatic carbocycles. The van der Waals surface area contributed by atoms with Crippen LogP contribution in [-0.2, 0) is 13.6 Å². The first-order valence-electron chi connectivity index (χ1n) is 3.15. The van der Waals surface area contributed by atoms with Crippen molar-refractivity contribution in [3.8, 4) is 0 Å². The topological polar surface area (TPSA) is 27.7 Å². The molecule has 1 unspecified atom stereocenters. The third kappa shape index (κ3) is 2.33. The molecule has 1 fully saturated rings. The molecule has 1 saturated heterocycles. The summed E-state index contributed by atoms with van der Waals surface area (Å²) in [6.07, 6.45) is 0.0272. The van der Waals surface area contributed by atoms with Gasteiger partial charge in [0.2, 0.25) is 0 Å². The molecule has 3 nitrogen and oxygen atoms in total. The van der Waals surface area contributed by atoms with Gasteiger partial charge in [0.05, 0.1) is 19.1 Å². The average Bonchev–Trinajstić information content (AvgIpc) is 2.37. The zero-order chi connectivity index (χ0) is 7.40. The van der Waals surface area contributed by atoms with Crippen molar-refractivity contribution < 1.29 is 13.6 Å². The molecule has 0 spiro atoms. The van der Waals surface area contributed by atoms with Crippen LogP contribution >= 0.6 is 20.2 Å². The predicted molar refractivity (Wildman–Crippen MR) is 40.1 cm³/mol. The highest BCUT2D eigenvalue weighted by molar-refractivity contribution is 7.42. The van der Waals surface area contributed by atoms with Crippen molar-refractivity contribution in [2.45, 2.75) is 13.0 Å². The maximum atomic E-state index is 5.52. The second-order valence-electron chi connectivity index (χ2n) is 1.82. The summed E-state index contributed by atoms with van der Waals surface area (Å²) in [5, 5.41) is 0. The van der Waals surface area contributed by atoms with Crippen LogP contribution in [0.5, 0.6) is 0 Å². The minimum absolute atomic E-state index is 0.0272. The zero-order valence-corrected chi connectivity index (χ0v) is 7.40. The summed E-state index contributed by atoms with van der Waals surface area (Å²) in [5.41, 5.74) is 0. The molecule has 10 heavy (non-hydrogen) atoms. The van der Waals surface area contributed by atoms with E-state index in [-0.39, 0.29) is 6.10 Å². The Labute approximate surface area is 66.6 Å². The number of hydrogen-bond donors (Lipinski definition) is 0. The normalized spacial score (nSPS) is 33.0. The molecule has 0 aromatic rings. The van der Waals surface area contributed by atoms with Crippen molar-refractivity contribution in [2.24, 2.45) is 0 Å². The van der Waals surface area contributed by atoms with E-state index < -0.39 is 8.60 Å². The molecule has 0 aromatic heterocycles. The molecule has 60 valence electrons. The molecule has 0 radical (unpaired) electrons. The van der Waals surface area contributed by atoms with Crippen molar-refractivity contribution in [1.29, 1.82) is 0 Å². The zero-order valence-electron chi connectivity index (χ0n) is 5.75. The maximum absolute atomic E-state index is 5.52. The van der Waals surface area contributed by atoms with Crippen molar-refractivity contribution in [1.82, 2.24) is 0 Å². The molecule has 0 saturated carbocycles. The predicted octanol–water partition coefficient (Wildman–Crippen LogP) is 1.90. The molecule has 1 aliphatic rings. The lowest BCUT2D eigenvalue weighted by Crippen LogP contribution is -2.09. The molecule has 1 aliphatic heterocycles. The molecule has 0 bridgehead atoms. The van der Waals surface area contributed by atoms with Crippen LogP contribution in [-0.4, -0.2) is 25.2 Å². The molecular weight excluding hydrogens is 174 g/mol. The van der Waals surface area contributed by atoms with Crippen LogP contribution in [0.3, 0.4) is 0 Å². The van der Waals surface area contributed by atoms with E-state index in [2.05, 4.69) is 0 Å². The minimum Gasteiger partial charge on any atom is -0.313 e. The number of rotatable bonds is 3. The summed E-state index contributed by atoms with van der Waals surface area (Å²) in [5.74, 6) is 0.478. The SMILES string of the molecule is CCOP1OC[C@H](CCl)O1. The van der Waals surface area contributed by atoms with E-state index >= 15 is 0 Å². The lowest BCUT2D eigenvalue weighted by molar-refractivity contribution is 0.235. The van der Waals surface area contributed by atoms with Gasteiger partial charge in [0.1, 0.15) is 6.10 Å². The fourth-order valence-electron chi connectivity index (χ4n) is 0.572. The molecule has 5 heteroatoms. The Hall–Kier alpha value is 0.600. The fourth-order valence-corrected chi connectivity index (χ4v) is 1.89.